The van der Waals surface area contributed by atoms with Gasteiger partial charge in [0.05, 0.1) is 19.9 Å². The monoisotopic (exact) mass is 424 g/mol. The Balaban J connectivity index is 1.62. The summed E-state index contributed by atoms with van der Waals surface area (Å²) in [6, 6.07) is 10.4. The van der Waals surface area contributed by atoms with Crippen molar-refractivity contribution in [3.05, 3.63) is 65.0 Å². The summed E-state index contributed by atoms with van der Waals surface area (Å²) in [6.07, 6.45) is 1.20. The fourth-order valence-electron chi connectivity index (χ4n) is 3.04. The van der Waals surface area contributed by atoms with Crippen molar-refractivity contribution in [3.8, 4) is 22.8 Å². The molecule has 1 N–H and O–H groups in total. The van der Waals surface area contributed by atoms with E-state index in [1.54, 1.807) is 18.2 Å². The van der Waals surface area contributed by atoms with Crippen molar-refractivity contribution in [2.45, 2.75) is 6.54 Å². The number of amides is 1. The minimum Gasteiger partial charge on any atom is -0.497 e. The van der Waals surface area contributed by atoms with E-state index in [4.69, 9.17) is 14.0 Å². The molecule has 0 spiro atoms. The number of carbonyl (C=O) groups is 1. The summed E-state index contributed by atoms with van der Waals surface area (Å²) in [7, 11) is 2.99. The van der Waals surface area contributed by atoms with E-state index in [2.05, 4.69) is 15.5 Å². The van der Waals surface area contributed by atoms with Gasteiger partial charge in [0.15, 0.2) is 0 Å². The van der Waals surface area contributed by atoms with Crippen molar-refractivity contribution in [1.29, 1.82) is 0 Å². The molecule has 0 aliphatic heterocycles. The summed E-state index contributed by atoms with van der Waals surface area (Å²) in [5.41, 5.74) is 0.649. The fourth-order valence-corrected chi connectivity index (χ4v) is 3.04. The third-order valence-corrected chi connectivity index (χ3v) is 4.58. The molecule has 158 valence electrons. The summed E-state index contributed by atoms with van der Waals surface area (Å²) < 4.78 is 29.9. The third kappa shape index (κ3) is 3.95. The first-order chi connectivity index (χ1) is 15.0. The Kier molecular flexibility index (Phi) is 5.35. The lowest BCUT2D eigenvalue weighted by Crippen LogP contribution is -2.28. The van der Waals surface area contributed by atoms with Gasteiger partial charge in [0.2, 0.25) is 5.91 Å². The number of nitrogens with zero attached hydrogens (tertiary/aromatic N) is 3. The molecule has 0 radical (unpaired) electrons. The standard InChI is InChI=1S/C21H17FN4O5/c1-29-14-7-8-15(16(9-14)30-2)24-17(27)10-26-11-23-20-18(21(26)28)19(25-31-20)12-3-5-13(22)6-4-12/h3-9,11H,10H2,1-2H3,(H,24,27). The van der Waals surface area contributed by atoms with Crippen LogP contribution in [0.3, 0.4) is 0 Å². The summed E-state index contributed by atoms with van der Waals surface area (Å²) in [6.45, 7) is -0.301. The zero-order valence-corrected chi connectivity index (χ0v) is 16.6. The Morgan fingerprint density at radius 1 is 1.16 bits per heavy atom. The van der Waals surface area contributed by atoms with Crippen LogP contribution in [-0.4, -0.2) is 34.8 Å². The molecule has 0 unspecified atom stereocenters. The van der Waals surface area contributed by atoms with Crippen LogP contribution in [-0.2, 0) is 11.3 Å². The SMILES string of the molecule is COc1ccc(NC(=O)Cn2cnc3onc(-c4ccc(F)cc4)c3c2=O)c(OC)c1. The van der Waals surface area contributed by atoms with Crippen LogP contribution in [0, 0.1) is 5.82 Å². The topological polar surface area (TPSA) is 108 Å². The molecule has 1 amide bonds. The van der Waals surface area contributed by atoms with E-state index >= 15 is 0 Å². The molecule has 0 bridgehead atoms. The number of fused-ring (bicyclic) bond motifs is 1. The molecular weight excluding hydrogens is 407 g/mol. The Morgan fingerprint density at radius 2 is 1.94 bits per heavy atom. The van der Waals surface area contributed by atoms with Crippen molar-refractivity contribution in [3.63, 3.8) is 0 Å². The normalized spacial score (nSPS) is 10.8. The molecule has 2 aromatic carbocycles. The molecule has 0 saturated heterocycles. The first-order valence-electron chi connectivity index (χ1n) is 9.13. The van der Waals surface area contributed by atoms with Gasteiger partial charge in [-0.3, -0.25) is 14.2 Å². The quantitative estimate of drug-likeness (QED) is 0.507. The predicted octanol–water partition coefficient (Wildman–Crippen LogP) is 2.85. The minimum atomic E-state index is -0.512. The number of ether oxygens (including phenoxy) is 2. The number of aromatic nitrogens is 3. The molecule has 0 aliphatic carbocycles. The highest BCUT2D eigenvalue weighted by Crippen LogP contribution is 2.29. The number of carbonyl (C=O) groups excluding carboxylic acids is 1. The highest BCUT2D eigenvalue weighted by Gasteiger charge is 2.18. The second kappa shape index (κ2) is 8.27. The van der Waals surface area contributed by atoms with Gasteiger partial charge < -0.3 is 19.3 Å². The Bertz CT molecular complexity index is 1310. The average Bonchev–Trinajstić information content (AvgIpc) is 3.21. The Labute approximate surface area is 175 Å². The molecule has 0 fully saturated rings. The van der Waals surface area contributed by atoms with E-state index in [9.17, 15) is 14.0 Å². The van der Waals surface area contributed by atoms with Crippen molar-refractivity contribution < 1.29 is 23.2 Å². The van der Waals surface area contributed by atoms with Gasteiger partial charge in [-0.2, -0.15) is 0 Å². The van der Waals surface area contributed by atoms with Crippen molar-refractivity contribution in [1.82, 2.24) is 14.7 Å². The number of nitrogens with one attached hydrogen (secondary N) is 1. The Hall–Kier alpha value is -4.21. The highest BCUT2D eigenvalue weighted by atomic mass is 19.1. The number of rotatable bonds is 6. The van der Waals surface area contributed by atoms with Gasteiger partial charge >= 0.3 is 0 Å². The van der Waals surface area contributed by atoms with Gasteiger partial charge in [-0.25, -0.2) is 9.37 Å². The largest absolute Gasteiger partial charge is 0.497 e. The zero-order valence-electron chi connectivity index (χ0n) is 16.6. The summed E-state index contributed by atoms with van der Waals surface area (Å²) in [4.78, 5) is 29.6. The van der Waals surface area contributed by atoms with Crippen LogP contribution in [0.5, 0.6) is 11.5 Å². The molecule has 2 aromatic heterocycles. The summed E-state index contributed by atoms with van der Waals surface area (Å²) >= 11 is 0. The third-order valence-electron chi connectivity index (χ3n) is 4.58. The molecule has 4 aromatic rings. The average molecular weight is 424 g/mol. The number of methoxy groups -OCH3 is 2. The van der Waals surface area contributed by atoms with Gasteiger partial charge in [0, 0.05) is 11.6 Å². The molecule has 4 rings (SSSR count). The fraction of sp³-hybridized carbons (Fsp3) is 0.143. The molecule has 31 heavy (non-hydrogen) atoms. The molecule has 10 heteroatoms. The predicted molar refractivity (Wildman–Crippen MR) is 110 cm³/mol. The van der Waals surface area contributed by atoms with Gasteiger partial charge in [0.25, 0.3) is 11.3 Å². The van der Waals surface area contributed by atoms with Crippen LogP contribution in [0.15, 0.2) is 58.1 Å². The van der Waals surface area contributed by atoms with Crippen LogP contribution >= 0.6 is 0 Å². The first-order valence-corrected chi connectivity index (χ1v) is 9.13. The summed E-state index contributed by atoms with van der Waals surface area (Å²) in [5, 5.41) is 6.68. The maximum absolute atomic E-state index is 13.2. The lowest BCUT2D eigenvalue weighted by Gasteiger charge is -2.12. The van der Waals surface area contributed by atoms with Gasteiger partial charge in [-0.15, -0.1) is 0 Å². The minimum absolute atomic E-state index is 0.0257. The van der Waals surface area contributed by atoms with Gasteiger partial charge in [-0.1, -0.05) is 5.16 Å². The van der Waals surface area contributed by atoms with Gasteiger partial charge in [0.1, 0.15) is 41.3 Å². The number of halogens is 1. The van der Waals surface area contributed by atoms with Crippen LogP contribution in [0.4, 0.5) is 10.1 Å². The Morgan fingerprint density at radius 3 is 2.65 bits per heavy atom. The van der Waals surface area contributed by atoms with E-state index in [1.807, 2.05) is 0 Å². The van der Waals surface area contributed by atoms with Crippen LogP contribution in [0.25, 0.3) is 22.4 Å². The molecule has 0 aliphatic rings. The number of anilines is 1. The molecular formula is C21H17FN4O5. The maximum atomic E-state index is 13.2. The van der Waals surface area contributed by atoms with E-state index in [0.717, 1.165) is 4.57 Å². The lowest BCUT2D eigenvalue weighted by molar-refractivity contribution is -0.116. The van der Waals surface area contributed by atoms with E-state index < -0.39 is 17.3 Å². The van der Waals surface area contributed by atoms with Crippen LogP contribution in [0.2, 0.25) is 0 Å². The summed E-state index contributed by atoms with van der Waals surface area (Å²) in [5.74, 6) is 0.0944. The van der Waals surface area contributed by atoms with Crippen molar-refractivity contribution in [2.75, 3.05) is 19.5 Å². The van der Waals surface area contributed by atoms with Crippen LogP contribution in [0.1, 0.15) is 0 Å². The van der Waals surface area contributed by atoms with Gasteiger partial charge in [-0.05, 0) is 36.4 Å². The second-order valence-corrected chi connectivity index (χ2v) is 6.51. The second-order valence-electron chi connectivity index (χ2n) is 6.51. The molecule has 0 saturated carbocycles. The first kappa shape index (κ1) is 20.1. The molecule has 0 atom stereocenters. The maximum Gasteiger partial charge on any atom is 0.267 e. The molecule has 9 nitrogen and oxygen atoms in total. The van der Waals surface area contributed by atoms with Crippen molar-refractivity contribution in [2.24, 2.45) is 0 Å². The van der Waals surface area contributed by atoms with E-state index in [0.29, 0.717) is 22.7 Å². The zero-order chi connectivity index (χ0) is 22.0. The van der Waals surface area contributed by atoms with E-state index in [-0.39, 0.29) is 23.3 Å². The molecule has 2 heterocycles. The lowest BCUT2D eigenvalue weighted by atomic mass is 10.1. The number of benzene rings is 2. The number of hydrogen-bond donors (Lipinski definition) is 1. The number of hydrogen-bond acceptors (Lipinski definition) is 7. The smallest absolute Gasteiger partial charge is 0.267 e. The van der Waals surface area contributed by atoms with Crippen LogP contribution < -0.4 is 20.3 Å². The van der Waals surface area contributed by atoms with E-state index in [1.165, 1.54) is 44.8 Å². The highest BCUT2D eigenvalue weighted by molar-refractivity contribution is 5.93. The van der Waals surface area contributed by atoms with Crippen molar-refractivity contribution >= 4 is 22.7 Å².